The molecule has 0 fully saturated rings. The molecule has 0 N–H and O–H groups in total. The van der Waals surface area contributed by atoms with E-state index >= 15 is 0 Å². The number of methoxy groups -OCH3 is 1. The Kier molecular flexibility index (Phi) is 7.84. The fraction of sp³-hybridized carbons (Fsp3) is 0.143. The van der Waals surface area contributed by atoms with Crippen molar-refractivity contribution in [1.82, 2.24) is 4.57 Å². The number of rotatable bonds is 7. The van der Waals surface area contributed by atoms with E-state index in [-0.39, 0.29) is 11.2 Å². The Morgan fingerprint density at radius 1 is 1.04 bits per heavy atom. The van der Waals surface area contributed by atoms with Gasteiger partial charge in [0.1, 0.15) is 6.61 Å². The molecule has 0 saturated carbocycles. The largest absolute Gasteiger partial charge is 0.493 e. The minimum atomic E-state index is -0.505. The standard InChI is InChI=1S/C35H26IN3O5S/c1-43-29-17-22(16-28(36)33(29)44-20-21-8-3-2-4-9-21)18-30-34(40)38-32(24-11-7-12-25(19-24)39(41)42)27-15-14-23-10-5-6-13-26(23)31(27)37-35(38)45-30/h2-13,16-19,32H,14-15,20H2,1H3/b30-18-/t32-/m0/s1. The Balaban J connectivity index is 1.35. The molecule has 1 atom stereocenters. The number of ether oxygens (including phenoxy) is 2. The molecule has 0 saturated heterocycles. The molecule has 0 bridgehead atoms. The van der Waals surface area contributed by atoms with Gasteiger partial charge in [0.15, 0.2) is 16.3 Å². The molecule has 10 heteroatoms. The second-order valence-electron chi connectivity index (χ2n) is 10.8. The summed E-state index contributed by atoms with van der Waals surface area (Å²) in [5.41, 5.74) is 6.39. The smallest absolute Gasteiger partial charge is 0.271 e. The Hall–Kier alpha value is -4.55. The number of benzene rings is 4. The molecule has 2 heterocycles. The zero-order valence-corrected chi connectivity index (χ0v) is 27.1. The van der Waals surface area contributed by atoms with Gasteiger partial charge in [0, 0.05) is 17.7 Å². The molecule has 0 unspecified atom stereocenters. The van der Waals surface area contributed by atoms with E-state index in [4.69, 9.17) is 14.5 Å². The van der Waals surface area contributed by atoms with Crippen LogP contribution in [0.3, 0.4) is 0 Å². The van der Waals surface area contributed by atoms with E-state index in [0.29, 0.717) is 39.4 Å². The van der Waals surface area contributed by atoms with E-state index in [2.05, 4.69) is 34.7 Å². The predicted octanol–water partition coefficient (Wildman–Crippen LogP) is 6.42. The number of hydrogen-bond donors (Lipinski definition) is 0. The average molecular weight is 728 g/mol. The first-order valence-corrected chi connectivity index (χ1v) is 16.2. The van der Waals surface area contributed by atoms with Crippen LogP contribution in [-0.2, 0) is 13.0 Å². The average Bonchev–Trinajstić information content (AvgIpc) is 3.37. The maximum absolute atomic E-state index is 14.2. The molecule has 1 aliphatic heterocycles. The molecule has 1 aliphatic carbocycles. The zero-order valence-electron chi connectivity index (χ0n) is 24.1. The summed E-state index contributed by atoms with van der Waals surface area (Å²) in [6.07, 6.45) is 3.35. The number of hydrogen-bond acceptors (Lipinski definition) is 7. The lowest BCUT2D eigenvalue weighted by molar-refractivity contribution is -0.384. The fourth-order valence-corrected chi connectivity index (χ4v) is 7.76. The number of fused-ring (bicyclic) bond motifs is 3. The summed E-state index contributed by atoms with van der Waals surface area (Å²) in [7, 11) is 1.60. The van der Waals surface area contributed by atoms with Crippen molar-refractivity contribution >= 4 is 51.4 Å². The molecule has 2 aliphatic rings. The lowest BCUT2D eigenvalue weighted by atomic mass is 9.83. The monoisotopic (exact) mass is 727 g/mol. The molecule has 4 aromatic carbocycles. The molecule has 8 nitrogen and oxygen atoms in total. The summed E-state index contributed by atoms with van der Waals surface area (Å²) in [6.45, 7) is 0.399. The van der Waals surface area contributed by atoms with E-state index in [1.54, 1.807) is 23.8 Å². The van der Waals surface area contributed by atoms with Crippen LogP contribution >= 0.6 is 33.9 Å². The second-order valence-corrected chi connectivity index (χ2v) is 12.9. The first kappa shape index (κ1) is 29.2. The SMILES string of the molecule is COc1cc(/C=c2\sc3n(c2=O)[C@@H](c2cccc([N+](=O)[O-])c2)C2=C(N=3)c3ccccc3CC2)cc(I)c1OCc1ccccc1. The molecular formula is C35H26IN3O5S. The number of nitro benzene ring substituents is 1. The third kappa shape index (κ3) is 5.48. The van der Waals surface area contributed by atoms with Gasteiger partial charge in [-0.15, -0.1) is 0 Å². The van der Waals surface area contributed by atoms with E-state index in [9.17, 15) is 14.9 Å². The third-order valence-corrected chi connectivity index (χ3v) is 9.83. The number of nitrogens with zero attached hydrogens (tertiary/aromatic N) is 3. The minimum absolute atomic E-state index is 0.0128. The number of aromatic nitrogens is 1. The molecule has 224 valence electrons. The van der Waals surface area contributed by atoms with E-state index in [0.717, 1.165) is 38.0 Å². The summed E-state index contributed by atoms with van der Waals surface area (Å²) in [5, 5.41) is 11.7. The van der Waals surface area contributed by atoms with Crippen LogP contribution in [0.15, 0.2) is 106 Å². The van der Waals surface area contributed by atoms with Crippen LogP contribution in [-0.4, -0.2) is 16.6 Å². The molecule has 5 aromatic rings. The summed E-state index contributed by atoms with van der Waals surface area (Å²) in [6, 6.07) is 28.0. The molecule has 0 spiro atoms. The lowest BCUT2D eigenvalue weighted by Crippen LogP contribution is -2.38. The van der Waals surface area contributed by atoms with Gasteiger partial charge in [-0.25, -0.2) is 4.99 Å². The third-order valence-electron chi connectivity index (χ3n) is 8.05. The lowest BCUT2D eigenvalue weighted by Gasteiger charge is -2.30. The Bertz CT molecular complexity index is 2190. The van der Waals surface area contributed by atoms with Crippen LogP contribution in [0.25, 0.3) is 11.8 Å². The van der Waals surface area contributed by atoms with Gasteiger partial charge in [-0.2, -0.15) is 0 Å². The number of non-ortho nitro benzene ring substituents is 1. The second kappa shape index (κ2) is 12.1. The van der Waals surface area contributed by atoms with Crippen molar-refractivity contribution in [2.75, 3.05) is 7.11 Å². The Morgan fingerprint density at radius 2 is 1.84 bits per heavy atom. The molecule has 1 aromatic heterocycles. The number of halogens is 1. The van der Waals surface area contributed by atoms with Gasteiger partial charge >= 0.3 is 0 Å². The zero-order chi connectivity index (χ0) is 31.1. The first-order chi connectivity index (χ1) is 21.9. The summed E-state index contributed by atoms with van der Waals surface area (Å²) < 4.78 is 14.9. The van der Waals surface area contributed by atoms with Crippen LogP contribution in [0.1, 0.15) is 40.3 Å². The summed E-state index contributed by atoms with van der Waals surface area (Å²) >= 11 is 3.54. The molecular weight excluding hydrogens is 701 g/mol. The van der Waals surface area contributed by atoms with Gasteiger partial charge in [0.05, 0.1) is 31.9 Å². The van der Waals surface area contributed by atoms with E-state index in [1.165, 1.54) is 23.0 Å². The summed E-state index contributed by atoms with van der Waals surface area (Å²) in [4.78, 5) is 31.1. The van der Waals surface area contributed by atoms with Gasteiger partial charge in [-0.05, 0) is 81.5 Å². The van der Waals surface area contributed by atoms with Crippen molar-refractivity contribution in [1.29, 1.82) is 0 Å². The quantitative estimate of drug-likeness (QED) is 0.110. The van der Waals surface area contributed by atoms with Gasteiger partial charge < -0.3 is 9.47 Å². The molecule has 0 amide bonds. The van der Waals surface area contributed by atoms with Crippen molar-refractivity contribution in [2.45, 2.75) is 25.5 Å². The Labute approximate surface area is 275 Å². The number of allylic oxidation sites excluding steroid dienone is 1. The maximum atomic E-state index is 14.2. The van der Waals surface area contributed by atoms with Crippen LogP contribution in [0.2, 0.25) is 0 Å². The highest BCUT2D eigenvalue weighted by atomic mass is 127. The highest BCUT2D eigenvalue weighted by molar-refractivity contribution is 14.1. The van der Waals surface area contributed by atoms with Crippen molar-refractivity contribution in [3.63, 3.8) is 0 Å². The van der Waals surface area contributed by atoms with Gasteiger partial charge in [0.2, 0.25) is 0 Å². The molecule has 7 rings (SSSR count). The minimum Gasteiger partial charge on any atom is -0.493 e. The number of aryl methyl sites for hydroxylation is 1. The van der Waals surface area contributed by atoms with Crippen molar-refractivity contribution in [3.05, 3.63) is 158 Å². The topological polar surface area (TPSA) is 96.0 Å². The highest BCUT2D eigenvalue weighted by Gasteiger charge is 2.33. The van der Waals surface area contributed by atoms with E-state index in [1.807, 2.05) is 66.7 Å². The predicted molar refractivity (Wildman–Crippen MR) is 182 cm³/mol. The molecule has 0 radical (unpaired) electrons. The first-order valence-electron chi connectivity index (χ1n) is 14.3. The van der Waals surface area contributed by atoms with Crippen LogP contribution < -0.4 is 24.4 Å². The van der Waals surface area contributed by atoms with Crippen LogP contribution in [0.4, 0.5) is 5.69 Å². The van der Waals surface area contributed by atoms with E-state index < -0.39 is 11.0 Å². The highest BCUT2D eigenvalue weighted by Crippen LogP contribution is 2.42. The van der Waals surface area contributed by atoms with Gasteiger partial charge in [-0.3, -0.25) is 19.5 Å². The number of thiazole rings is 1. The molecule has 45 heavy (non-hydrogen) atoms. The maximum Gasteiger partial charge on any atom is 0.271 e. The van der Waals surface area contributed by atoms with Crippen LogP contribution in [0, 0.1) is 13.7 Å². The van der Waals surface area contributed by atoms with Crippen molar-refractivity contribution < 1.29 is 14.4 Å². The summed E-state index contributed by atoms with van der Waals surface area (Å²) in [5.74, 6) is 1.20. The van der Waals surface area contributed by atoms with Gasteiger partial charge in [-0.1, -0.05) is 78.1 Å². The fourth-order valence-electron chi connectivity index (χ4n) is 5.98. The van der Waals surface area contributed by atoms with Crippen molar-refractivity contribution in [2.24, 2.45) is 4.99 Å². The Morgan fingerprint density at radius 3 is 2.64 bits per heavy atom. The van der Waals surface area contributed by atoms with Crippen LogP contribution in [0.5, 0.6) is 11.5 Å². The van der Waals surface area contributed by atoms with Crippen molar-refractivity contribution in [3.8, 4) is 11.5 Å². The number of nitro groups is 1. The normalized spacial score (nSPS) is 15.5. The van der Waals surface area contributed by atoms with Gasteiger partial charge in [0.25, 0.3) is 11.2 Å².